The minimum absolute atomic E-state index is 0.235. The molecule has 0 heterocycles. The Morgan fingerprint density at radius 1 is 1.21 bits per heavy atom. The van der Waals surface area contributed by atoms with E-state index in [0.29, 0.717) is 17.9 Å². The van der Waals surface area contributed by atoms with E-state index in [1.54, 1.807) is 13.0 Å². The van der Waals surface area contributed by atoms with Crippen molar-refractivity contribution >= 4 is 31.2 Å². The molecule has 0 bridgehead atoms. The van der Waals surface area contributed by atoms with Crippen molar-refractivity contribution in [3.8, 4) is 5.75 Å². The molecular weight excluding hydrogens is 433 g/mol. The van der Waals surface area contributed by atoms with Crippen LogP contribution >= 0.6 is 31.2 Å². The Morgan fingerprint density at radius 3 is 2.55 bits per heavy atom. The highest BCUT2D eigenvalue weighted by atomic mass is 35.5. The SMILES string of the molecule is CCCc1ccc(O)c(Sc2ccc(CC[C@](C)(N)COP(=O)(O)O)c(Cl)c2)c1. The van der Waals surface area contributed by atoms with Gasteiger partial charge in [0.15, 0.2) is 0 Å². The van der Waals surface area contributed by atoms with Crippen LogP contribution in [0.1, 0.15) is 37.8 Å². The first-order valence-electron chi connectivity index (χ1n) is 9.26. The number of rotatable bonds is 10. The molecule has 0 saturated carbocycles. The summed E-state index contributed by atoms with van der Waals surface area (Å²) in [5.74, 6) is 0.235. The summed E-state index contributed by atoms with van der Waals surface area (Å²) in [5, 5.41) is 10.7. The van der Waals surface area contributed by atoms with Gasteiger partial charge in [0, 0.05) is 15.5 Å². The monoisotopic (exact) mass is 459 g/mol. The molecule has 5 N–H and O–H groups in total. The van der Waals surface area contributed by atoms with Crippen LogP contribution in [0.5, 0.6) is 5.75 Å². The third kappa shape index (κ3) is 8.30. The zero-order valence-corrected chi connectivity index (χ0v) is 18.9. The van der Waals surface area contributed by atoms with Gasteiger partial charge in [0.25, 0.3) is 0 Å². The molecule has 29 heavy (non-hydrogen) atoms. The van der Waals surface area contributed by atoms with E-state index in [2.05, 4.69) is 11.4 Å². The fourth-order valence-corrected chi connectivity index (χ4v) is 4.48. The van der Waals surface area contributed by atoms with Gasteiger partial charge < -0.3 is 20.6 Å². The Hall–Kier alpha value is -1.05. The molecule has 0 aliphatic carbocycles. The van der Waals surface area contributed by atoms with Gasteiger partial charge in [0.1, 0.15) is 5.75 Å². The van der Waals surface area contributed by atoms with Gasteiger partial charge in [0.05, 0.1) is 11.5 Å². The number of phenolic OH excluding ortho intramolecular Hbond substituents is 1. The second-order valence-corrected chi connectivity index (χ2v) is 10.1. The molecule has 160 valence electrons. The number of hydrogen-bond donors (Lipinski definition) is 4. The maximum absolute atomic E-state index is 10.9. The van der Waals surface area contributed by atoms with Crippen molar-refractivity contribution in [3.05, 3.63) is 52.5 Å². The molecule has 0 spiro atoms. The minimum atomic E-state index is -4.55. The van der Waals surface area contributed by atoms with Crippen LogP contribution in [0.3, 0.4) is 0 Å². The van der Waals surface area contributed by atoms with Crippen LogP contribution in [0.4, 0.5) is 0 Å². The van der Waals surface area contributed by atoms with Gasteiger partial charge in [0.2, 0.25) is 0 Å². The quantitative estimate of drug-likeness (QED) is 0.373. The number of aromatic hydroxyl groups is 1. The van der Waals surface area contributed by atoms with E-state index in [1.807, 2.05) is 30.3 Å². The van der Waals surface area contributed by atoms with Crippen LogP contribution in [0.2, 0.25) is 5.02 Å². The molecule has 0 fully saturated rings. The lowest BCUT2D eigenvalue weighted by Crippen LogP contribution is -2.41. The van der Waals surface area contributed by atoms with Gasteiger partial charge in [-0.1, -0.05) is 48.8 Å². The van der Waals surface area contributed by atoms with E-state index in [1.165, 1.54) is 17.3 Å². The van der Waals surface area contributed by atoms with Gasteiger partial charge in [-0.25, -0.2) is 4.57 Å². The molecule has 0 amide bonds. The first-order chi connectivity index (χ1) is 13.5. The molecule has 0 radical (unpaired) electrons. The number of hydrogen-bond acceptors (Lipinski definition) is 5. The molecule has 2 rings (SSSR count). The maximum atomic E-state index is 10.9. The number of nitrogens with two attached hydrogens (primary N) is 1. The molecule has 0 aromatic heterocycles. The molecule has 2 aromatic carbocycles. The number of halogens is 1. The van der Waals surface area contributed by atoms with E-state index in [4.69, 9.17) is 27.1 Å². The third-order valence-electron chi connectivity index (χ3n) is 4.34. The Kier molecular flexibility index (Phi) is 8.61. The number of aryl methyl sites for hydroxylation is 2. The summed E-state index contributed by atoms with van der Waals surface area (Å²) in [7, 11) is -4.55. The highest BCUT2D eigenvalue weighted by molar-refractivity contribution is 7.99. The van der Waals surface area contributed by atoms with Crippen LogP contribution in [0, 0.1) is 0 Å². The van der Waals surface area contributed by atoms with Gasteiger partial charge in [-0.05, 0) is 61.6 Å². The fourth-order valence-electron chi connectivity index (χ4n) is 2.73. The lowest BCUT2D eigenvalue weighted by molar-refractivity contribution is 0.154. The van der Waals surface area contributed by atoms with E-state index < -0.39 is 13.4 Å². The van der Waals surface area contributed by atoms with Crippen molar-refractivity contribution in [2.24, 2.45) is 5.73 Å². The van der Waals surface area contributed by atoms with Crippen LogP contribution in [-0.2, 0) is 21.9 Å². The normalized spacial score (nSPS) is 14.0. The van der Waals surface area contributed by atoms with E-state index in [0.717, 1.165) is 28.2 Å². The smallest absolute Gasteiger partial charge is 0.469 e. The average molecular weight is 460 g/mol. The molecular formula is C20H27ClNO5PS. The predicted molar refractivity (Wildman–Crippen MR) is 117 cm³/mol. The summed E-state index contributed by atoms with van der Waals surface area (Å²) in [6.45, 7) is 3.53. The Bertz CT molecular complexity index is 887. The molecule has 0 aliphatic heterocycles. The summed E-state index contributed by atoms with van der Waals surface area (Å²) in [6.07, 6.45) is 2.98. The average Bonchev–Trinajstić information content (AvgIpc) is 2.62. The summed E-state index contributed by atoms with van der Waals surface area (Å²) in [6, 6.07) is 11.3. The first kappa shape index (κ1) is 24.2. The topological polar surface area (TPSA) is 113 Å². The van der Waals surface area contributed by atoms with Gasteiger partial charge in [-0.15, -0.1) is 0 Å². The van der Waals surface area contributed by atoms with Crippen molar-refractivity contribution in [1.82, 2.24) is 0 Å². The first-order valence-corrected chi connectivity index (χ1v) is 12.0. The summed E-state index contributed by atoms with van der Waals surface area (Å²) >= 11 is 7.87. The second kappa shape index (κ2) is 10.3. The van der Waals surface area contributed by atoms with Crippen molar-refractivity contribution in [2.75, 3.05) is 6.61 Å². The lowest BCUT2D eigenvalue weighted by atomic mass is 9.95. The summed E-state index contributed by atoms with van der Waals surface area (Å²) in [4.78, 5) is 19.3. The van der Waals surface area contributed by atoms with Gasteiger partial charge in [-0.2, -0.15) is 0 Å². The Morgan fingerprint density at radius 2 is 1.93 bits per heavy atom. The van der Waals surface area contributed by atoms with E-state index in [9.17, 15) is 9.67 Å². The molecule has 2 aromatic rings. The van der Waals surface area contributed by atoms with Crippen molar-refractivity contribution in [2.45, 2.75) is 54.9 Å². The van der Waals surface area contributed by atoms with Crippen molar-refractivity contribution < 1.29 is 24.0 Å². The highest BCUT2D eigenvalue weighted by Gasteiger charge is 2.24. The van der Waals surface area contributed by atoms with E-state index in [-0.39, 0.29) is 12.4 Å². The summed E-state index contributed by atoms with van der Waals surface area (Å²) in [5.41, 5.74) is 7.23. The predicted octanol–water partition coefficient (Wildman–Crippen LogP) is 4.91. The van der Waals surface area contributed by atoms with Crippen LogP contribution < -0.4 is 5.73 Å². The Labute approximate surface area is 180 Å². The second-order valence-electron chi connectivity index (χ2n) is 7.33. The number of phenols is 1. The molecule has 6 nitrogen and oxygen atoms in total. The van der Waals surface area contributed by atoms with Crippen LogP contribution in [-0.4, -0.2) is 27.0 Å². The summed E-state index contributed by atoms with van der Waals surface area (Å²) < 4.78 is 15.4. The number of phosphoric acid groups is 1. The zero-order valence-electron chi connectivity index (χ0n) is 16.5. The third-order valence-corrected chi connectivity index (χ3v) is 6.20. The van der Waals surface area contributed by atoms with Crippen LogP contribution in [0.25, 0.3) is 0 Å². The van der Waals surface area contributed by atoms with Crippen molar-refractivity contribution in [1.29, 1.82) is 0 Å². The molecule has 0 unspecified atom stereocenters. The van der Waals surface area contributed by atoms with Gasteiger partial charge >= 0.3 is 7.82 Å². The molecule has 1 atom stereocenters. The minimum Gasteiger partial charge on any atom is -0.507 e. The zero-order chi connectivity index (χ0) is 21.7. The Balaban J connectivity index is 2.03. The largest absolute Gasteiger partial charge is 0.507 e. The maximum Gasteiger partial charge on any atom is 0.469 e. The lowest BCUT2D eigenvalue weighted by Gasteiger charge is -2.24. The van der Waals surface area contributed by atoms with E-state index >= 15 is 0 Å². The highest BCUT2D eigenvalue weighted by Crippen LogP contribution is 2.38. The molecule has 9 heteroatoms. The van der Waals surface area contributed by atoms with Gasteiger partial charge in [-0.3, -0.25) is 4.52 Å². The number of benzene rings is 2. The number of phosphoric ester groups is 1. The fraction of sp³-hybridized carbons (Fsp3) is 0.400. The molecule has 0 saturated heterocycles. The standard InChI is InChI=1S/C20H27ClNO5PS/c1-3-4-14-5-8-18(23)19(11-14)29-16-7-6-15(17(21)12-16)9-10-20(2,22)13-27-28(24,25)26/h5-8,11-12,23H,3-4,9-10,13,22H2,1-2H3,(H2,24,25,26)/t20-/m0/s1. The molecule has 0 aliphatic rings. The van der Waals surface area contributed by atoms with Crippen molar-refractivity contribution in [3.63, 3.8) is 0 Å². The van der Waals surface area contributed by atoms with Crippen LogP contribution in [0.15, 0.2) is 46.2 Å².